The first-order valence-corrected chi connectivity index (χ1v) is 19.4. The number of hydrogen-bond donors (Lipinski definition) is 1. The molecule has 4 aromatic rings. The largest absolute Gasteiger partial charge is 0.497 e. The molecule has 57 heavy (non-hydrogen) atoms. The summed E-state index contributed by atoms with van der Waals surface area (Å²) in [6, 6.07) is 32.9. The Bertz CT molecular complexity index is 1930. The molecule has 2 bridgehead atoms. The van der Waals surface area contributed by atoms with Gasteiger partial charge in [-0.2, -0.15) is 0 Å². The first-order chi connectivity index (χ1) is 27.6. The number of nitrogens with zero attached hydrogens (tertiary/aromatic N) is 2. The Morgan fingerprint density at radius 3 is 1.56 bits per heavy atom. The van der Waals surface area contributed by atoms with Crippen molar-refractivity contribution in [2.45, 2.75) is 63.6 Å². The quantitative estimate of drug-likeness (QED) is 0.0852. The number of imide groups is 1. The molecule has 0 aromatic heterocycles. The maximum atomic E-state index is 14.1. The van der Waals surface area contributed by atoms with E-state index < -0.39 is 78.4 Å². The Hall–Kier alpha value is -5.56. The molecule has 3 saturated heterocycles. The molecule has 3 aliphatic heterocycles. The predicted octanol–water partition coefficient (Wildman–Crippen LogP) is 6.09. The fraction of sp³-hybridized carbons (Fsp3) is 0.378. The van der Waals surface area contributed by atoms with Crippen LogP contribution in [0.4, 0.5) is 5.69 Å². The SMILES string of the molecule is CCN(CC)CC.COc1ccc(C(O[C@H]2[C@@H](OC(=O)CCC(=O)O)[C@H]3O[C@@H]2[C@@H]2C(=O)N(c4ccccc4)C(=O)[C@H]32)(c2ccccc2)c2ccc(OC)cc2)cc1. The van der Waals surface area contributed by atoms with Gasteiger partial charge in [0.05, 0.1) is 44.6 Å². The van der Waals surface area contributed by atoms with E-state index in [1.54, 1.807) is 44.6 Å². The number of hydrogen-bond acceptors (Lipinski definition) is 10. The maximum absolute atomic E-state index is 14.1. The van der Waals surface area contributed by atoms with Crippen LogP contribution in [0.25, 0.3) is 0 Å². The third-order valence-corrected chi connectivity index (χ3v) is 11.0. The van der Waals surface area contributed by atoms with Crippen LogP contribution in [0.2, 0.25) is 0 Å². The Kier molecular flexibility index (Phi) is 13.1. The summed E-state index contributed by atoms with van der Waals surface area (Å²) in [7, 11) is 3.15. The molecule has 0 unspecified atom stereocenters. The number of anilines is 1. The third kappa shape index (κ3) is 8.16. The van der Waals surface area contributed by atoms with Gasteiger partial charge in [0, 0.05) is 0 Å². The van der Waals surface area contributed by atoms with E-state index in [0.717, 1.165) is 5.56 Å². The van der Waals surface area contributed by atoms with Crippen molar-refractivity contribution < 1.29 is 48.0 Å². The molecular weight excluding hydrogens is 728 g/mol. The standard InChI is InChI=1S/C39H35NO10.C6H15N/c1-46-27-17-13-24(14-18-27)39(23-9-5-3-6-10-23,25-15-19-28(47-2)20-16-25)50-36-34-32-31(33(49-34)35(36)48-30(43)22-21-29(41)42)37(44)40(38(32)45)26-11-7-4-8-12-26;1-4-7(5-2)6-3/h3-20,31-36H,21-22H2,1-2H3,(H,41,42);4-6H2,1-3H3/t31-,32+,33-,34+,35-,36+;/m0./s1. The highest BCUT2D eigenvalue weighted by atomic mass is 16.6. The lowest BCUT2D eigenvalue weighted by atomic mass is 9.76. The van der Waals surface area contributed by atoms with E-state index >= 15 is 0 Å². The van der Waals surface area contributed by atoms with Gasteiger partial charge in [-0.3, -0.25) is 19.2 Å². The Morgan fingerprint density at radius 2 is 1.12 bits per heavy atom. The molecular formula is C45H50N2O10. The second-order valence-corrected chi connectivity index (χ2v) is 14.0. The highest BCUT2D eigenvalue weighted by Gasteiger charge is 2.71. The molecule has 300 valence electrons. The zero-order valence-corrected chi connectivity index (χ0v) is 32.9. The fourth-order valence-electron chi connectivity index (χ4n) is 8.11. The van der Waals surface area contributed by atoms with Crippen molar-refractivity contribution in [2.24, 2.45) is 11.8 Å². The second kappa shape index (κ2) is 18.1. The molecule has 7 rings (SSSR count). The van der Waals surface area contributed by atoms with Crippen molar-refractivity contribution in [1.29, 1.82) is 0 Å². The topological polar surface area (TPSA) is 141 Å². The number of fused-ring (bicyclic) bond motifs is 5. The molecule has 12 heteroatoms. The number of esters is 1. The van der Waals surface area contributed by atoms with E-state index in [9.17, 15) is 24.3 Å². The number of ether oxygens (including phenoxy) is 5. The van der Waals surface area contributed by atoms with E-state index in [1.165, 1.54) is 24.5 Å². The van der Waals surface area contributed by atoms with Crippen LogP contribution in [0.15, 0.2) is 109 Å². The highest BCUT2D eigenvalue weighted by molar-refractivity contribution is 6.23. The molecule has 0 radical (unpaired) electrons. The Morgan fingerprint density at radius 1 is 0.667 bits per heavy atom. The number of rotatable bonds is 15. The number of para-hydroxylation sites is 1. The molecule has 0 saturated carbocycles. The lowest BCUT2D eigenvalue weighted by Crippen LogP contribution is -2.54. The molecule has 2 amide bonds. The summed E-state index contributed by atoms with van der Waals surface area (Å²) in [5.41, 5.74) is 1.18. The van der Waals surface area contributed by atoms with Gasteiger partial charge >= 0.3 is 11.9 Å². The summed E-state index contributed by atoms with van der Waals surface area (Å²) < 4.78 is 30.7. The van der Waals surface area contributed by atoms with Crippen molar-refractivity contribution in [1.82, 2.24) is 4.90 Å². The van der Waals surface area contributed by atoms with Crippen LogP contribution in [0.3, 0.4) is 0 Å². The number of carboxylic acids is 1. The maximum Gasteiger partial charge on any atom is 0.306 e. The van der Waals surface area contributed by atoms with Crippen LogP contribution in [-0.4, -0.2) is 92.0 Å². The van der Waals surface area contributed by atoms with Crippen LogP contribution >= 0.6 is 0 Å². The fourth-order valence-corrected chi connectivity index (χ4v) is 8.11. The second-order valence-electron chi connectivity index (χ2n) is 14.0. The number of carbonyl (C=O) groups is 4. The highest BCUT2D eigenvalue weighted by Crippen LogP contribution is 2.54. The Labute approximate surface area is 333 Å². The first-order valence-electron chi connectivity index (χ1n) is 19.4. The van der Waals surface area contributed by atoms with Crippen molar-refractivity contribution in [3.8, 4) is 11.5 Å². The molecule has 6 atom stereocenters. The first kappa shape index (κ1) is 41.1. The molecule has 0 spiro atoms. The predicted molar refractivity (Wildman–Crippen MR) is 212 cm³/mol. The van der Waals surface area contributed by atoms with Gasteiger partial charge in [0.1, 0.15) is 35.4 Å². The minimum absolute atomic E-state index is 0.395. The van der Waals surface area contributed by atoms with Crippen LogP contribution in [0.5, 0.6) is 11.5 Å². The number of carbonyl (C=O) groups excluding carboxylic acids is 3. The van der Waals surface area contributed by atoms with Crippen molar-refractivity contribution in [2.75, 3.05) is 38.8 Å². The zero-order valence-electron chi connectivity index (χ0n) is 32.9. The van der Waals surface area contributed by atoms with E-state index in [4.69, 9.17) is 23.7 Å². The minimum Gasteiger partial charge on any atom is -0.497 e. The zero-order chi connectivity index (χ0) is 40.7. The van der Waals surface area contributed by atoms with E-state index in [2.05, 4.69) is 25.7 Å². The number of carboxylic acid groups (broad SMARTS) is 1. The van der Waals surface area contributed by atoms with Gasteiger partial charge in [-0.1, -0.05) is 93.6 Å². The van der Waals surface area contributed by atoms with Gasteiger partial charge in [0.15, 0.2) is 6.10 Å². The van der Waals surface area contributed by atoms with Gasteiger partial charge in [-0.05, 0) is 72.7 Å². The summed E-state index contributed by atoms with van der Waals surface area (Å²) in [5.74, 6) is -3.42. The number of aliphatic carboxylic acids is 1. The van der Waals surface area contributed by atoms with Crippen LogP contribution in [0, 0.1) is 11.8 Å². The smallest absolute Gasteiger partial charge is 0.306 e. The third-order valence-electron chi connectivity index (χ3n) is 11.0. The molecule has 3 fully saturated rings. The van der Waals surface area contributed by atoms with Crippen LogP contribution < -0.4 is 14.4 Å². The summed E-state index contributed by atoms with van der Waals surface area (Å²) >= 11 is 0. The normalized spacial score (nSPS) is 22.2. The van der Waals surface area contributed by atoms with Gasteiger partial charge in [0.25, 0.3) is 0 Å². The molecule has 0 aliphatic carbocycles. The van der Waals surface area contributed by atoms with Crippen molar-refractivity contribution >= 4 is 29.4 Å². The Balaban J connectivity index is 0.000000719. The van der Waals surface area contributed by atoms with Gasteiger partial charge < -0.3 is 33.7 Å². The number of benzene rings is 4. The minimum atomic E-state index is -1.37. The molecule has 3 heterocycles. The van der Waals surface area contributed by atoms with Crippen molar-refractivity contribution in [3.63, 3.8) is 0 Å². The molecule has 3 aliphatic rings. The summed E-state index contributed by atoms with van der Waals surface area (Å²) in [5, 5.41) is 9.25. The summed E-state index contributed by atoms with van der Waals surface area (Å²) in [6.45, 7) is 10.1. The monoisotopic (exact) mass is 778 g/mol. The van der Waals surface area contributed by atoms with Crippen molar-refractivity contribution in [3.05, 3.63) is 126 Å². The van der Waals surface area contributed by atoms with Gasteiger partial charge in [-0.25, -0.2) is 4.90 Å². The average Bonchev–Trinajstić information content (AvgIpc) is 3.88. The summed E-state index contributed by atoms with van der Waals surface area (Å²) in [6.07, 6.45) is -5.04. The lowest BCUT2D eigenvalue weighted by molar-refractivity contribution is -0.172. The average molecular weight is 779 g/mol. The number of amides is 2. The van der Waals surface area contributed by atoms with E-state index in [-0.39, 0.29) is 0 Å². The van der Waals surface area contributed by atoms with E-state index in [0.29, 0.717) is 28.3 Å². The van der Waals surface area contributed by atoms with E-state index in [1.807, 2.05) is 78.9 Å². The van der Waals surface area contributed by atoms with Gasteiger partial charge in [-0.15, -0.1) is 0 Å². The van der Waals surface area contributed by atoms with Crippen LogP contribution in [0.1, 0.15) is 50.3 Å². The molecule has 1 N–H and O–H groups in total. The number of methoxy groups -OCH3 is 2. The lowest BCUT2D eigenvalue weighted by Gasteiger charge is -2.42. The molecule has 4 aromatic carbocycles. The summed E-state index contributed by atoms with van der Waals surface area (Å²) in [4.78, 5) is 56.1. The molecule has 12 nitrogen and oxygen atoms in total. The van der Waals surface area contributed by atoms with Crippen LogP contribution in [-0.2, 0) is 39.0 Å². The van der Waals surface area contributed by atoms with Gasteiger partial charge in [0.2, 0.25) is 11.8 Å².